The molecule has 0 saturated heterocycles. The van der Waals surface area contributed by atoms with Gasteiger partial charge in [-0.25, -0.2) is 0 Å². The van der Waals surface area contributed by atoms with Gasteiger partial charge >= 0.3 is 0 Å². The van der Waals surface area contributed by atoms with Gasteiger partial charge in [-0.1, -0.05) is 109 Å². The van der Waals surface area contributed by atoms with Gasteiger partial charge in [0.15, 0.2) is 0 Å². The first kappa shape index (κ1) is 24.9. The lowest BCUT2D eigenvalue weighted by molar-refractivity contribution is 0.615. The zero-order valence-electron chi connectivity index (χ0n) is 25.1. The van der Waals surface area contributed by atoms with Crippen molar-refractivity contribution < 1.29 is 13.3 Å². The smallest absolute Gasteiger partial charge is 0.147 e. The monoisotopic (exact) mass is 600 g/mol. The summed E-state index contributed by atoms with van der Waals surface area (Å²) in [6.45, 7) is 0. The molecule has 3 nitrogen and oxygen atoms in total. The van der Waals surface area contributed by atoms with E-state index in [0.29, 0.717) is 0 Å². The second kappa shape index (κ2) is 9.12. The van der Waals surface area contributed by atoms with Crippen LogP contribution in [0, 0.1) is 0 Å². The number of rotatable bonds is 2. The molecule has 0 spiro atoms. The molecule has 3 heterocycles. The van der Waals surface area contributed by atoms with E-state index in [1.54, 1.807) is 6.26 Å². The molecular formula is C44H24O3. The summed E-state index contributed by atoms with van der Waals surface area (Å²) in [6, 6.07) is 49.3. The minimum atomic E-state index is 0.830. The Morgan fingerprint density at radius 2 is 0.809 bits per heavy atom. The minimum Gasteiger partial charge on any atom is -0.464 e. The number of hydrogen-bond donors (Lipinski definition) is 0. The summed E-state index contributed by atoms with van der Waals surface area (Å²) in [5.74, 6) is 0. The molecule has 47 heavy (non-hydrogen) atoms. The second-order valence-electron chi connectivity index (χ2n) is 12.4. The van der Waals surface area contributed by atoms with Gasteiger partial charge in [0, 0.05) is 37.9 Å². The van der Waals surface area contributed by atoms with Gasteiger partial charge in [0.2, 0.25) is 0 Å². The summed E-state index contributed by atoms with van der Waals surface area (Å²) in [7, 11) is 0. The predicted octanol–water partition coefficient (Wildman–Crippen LogP) is 13.0. The van der Waals surface area contributed by atoms with Gasteiger partial charge in [0.25, 0.3) is 0 Å². The molecule has 0 radical (unpaired) electrons. The average molecular weight is 601 g/mol. The van der Waals surface area contributed by atoms with E-state index in [1.165, 1.54) is 21.9 Å². The third kappa shape index (κ3) is 3.30. The van der Waals surface area contributed by atoms with Gasteiger partial charge in [-0.05, 0) is 68.4 Å². The zero-order chi connectivity index (χ0) is 30.6. The Kier molecular flexibility index (Phi) is 4.84. The molecular weight excluding hydrogens is 576 g/mol. The summed E-state index contributed by atoms with van der Waals surface area (Å²) in [4.78, 5) is 0. The third-order valence-corrected chi connectivity index (χ3v) is 9.92. The Morgan fingerprint density at radius 1 is 0.319 bits per heavy atom. The predicted molar refractivity (Wildman–Crippen MR) is 194 cm³/mol. The summed E-state index contributed by atoms with van der Waals surface area (Å²) in [5.41, 5.74) is 8.85. The first-order valence-corrected chi connectivity index (χ1v) is 15.9. The molecule has 0 aliphatic carbocycles. The Hall–Kier alpha value is -6.32. The fraction of sp³-hybridized carbons (Fsp3) is 0. The summed E-state index contributed by atoms with van der Waals surface area (Å²) >= 11 is 0. The van der Waals surface area contributed by atoms with Crippen molar-refractivity contribution in [3.05, 3.63) is 146 Å². The van der Waals surface area contributed by atoms with Crippen molar-refractivity contribution in [2.24, 2.45) is 0 Å². The Morgan fingerprint density at radius 3 is 1.45 bits per heavy atom. The normalized spacial score (nSPS) is 12.3. The molecule has 0 fully saturated rings. The van der Waals surface area contributed by atoms with Crippen LogP contribution in [0.1, 0.15) is 0 Å². The third-order valence-electron chi connectivity index (χ3n) is 9.92. The van der Waals surface area contributed by atoms with Gasteiger partial charge in [-0.2, -0.15) is 0 Å². The van der Waals surface area contributed by atoms with Crippen LogP contribution in [0.3, 0.4) is 0 Å². The number of furan rings is 3. The van der Waals surface area contributed by atoms with Gasteiger partial charge in [-0.15, -0.1) is 0 Å². The highest BCUT2D eigenvalue weighted by Crippen LogP contribution is 2.51. The van der Waals surface area contributed by atoms with Crippen molar-refractivity contribution in [2.45, 2.75) is 0 Å². The second-order valence-corrected chi connectivity index (χ2v) is 12.4. The topological polar surface area (TPSA) is 39.4 Å². The van der Waals surface area contributed by atoms with E-state index in [2.05, 4.69) is 121 Å². The SMILES string of the molecule is c1ccc2c(c1)oc1c(-c3c4ccccc4c(-c4cc5c6ccccc6oc5c5ccccc45)c4ccccc34)c3occc3cc12. The highest BCUT2D eigenvalue weighted by Gasteiger charge is 2.25. The summed E-state index contributed by atoms with van der Waals surface area (Å²) in [5, 5.41) is 12.4. The highest BCUT2D eigenvalue weighted by molar-refractivity contribution is 6.30. The lowest BCUT2D eigenvalue weighted by Crippen LogP contribution is -1.92. The quantitative estimate of drug-likeness (QED) is 0.185. The van der Waals surface area contributed by atoms with Crippen LogP contribution in [0.25, 0.3) is 109 Å². The molecule has 8 aromatic carbocycles. The molecule has 0 atom stereocenters. The van der Waals surface area contributed by atoms with Crippen LogP contribution >= 0.6 is 0 Å². The van der Waals surface area contributed by atoms with Crippen molar-refractivity contribution in [1.29, 1.82) is 0 Å². The minimum absolute atomic E-state index is 0.830. The van der Waals surface area contributed by atoms with Gasteiger partial charge in [0.05, 0.1) is 11.8 Å². The molecule has 11 rings (SSSR count). The van der Waals surface area contributed by atoms with Crippen LogP contribution in [0.4, 0.5) is 0 Å². The van der Waals surface area contributed by atoms with Gasteiger partial charge in [0.1, 0.15) is 27.9 Å². The average Bonchev–Trinajstić information content (AvgIpc) is 3.85. The van der Waals surface area contributed by atoms with Crippen LogP contribution in [-0.4, -0.2) is 0 Å². The van der Waals surface area contributed by atoms with E-state index in [4.69, 9.17) is 13.3 Å². The van der Waals surface area contributed by atoms with Crippen molar-refractivity contribution in [1.82, 2.24) is 0 Å². The van der Waals surface area contributed by atoms with E-state index in [9.17, 15) is 0 Å². The largest absolute Gasteiger partial charge is 0.464 e. The molecule has 0 unspecified atom stereocenters. The summed E-state index contributed by atoms with van der Waals surface area (Å²) in [6.07, 6.45) is 1.78. The van der Waals surface area contributed by atoms with E-state index in [1.807, 2.05) is 18.2 Å². The van der Waals surface area contributed by atoms with Crippen molar-refractivity contribution in [2.75, 3.05) is 0 Å². The molecule has 218 valence electrons. The fourth-order valence-electron chi connectivity index (χ4n) is 7.96. The number of hydrogen-bond acceptors (Lipinski definition) is 3. The van der Waals surface area contributed by atoms with E-state index in [0.717, 1.165) is 87.5 Å². The Balaban J connectivity index is 1.35. The molecule has 0 aliphatic rings. The lowest BCUT2D eigenvalue weighted by Gasteiger charge is -2.19. The molecule has 0 saturated carbocycles. The van der Waals surface area contributed by atoms with Crippen LogP contribution in [0.2, 0.25) is 0 Å². The number of para-hydroxylation sites is 2. The van der Waals surface area contributed by atoms with Crippen LogP contribution in [0.15, 0.2) is 159 Å². The maximum absolute atomic E-state index is 6.70. The van der Waals surface area contributed by atoms with E-state index < -0.39 is 0 Å². The highest BCUT2D eigenvalue weighted by atomic mass is 16.3. The molecule has 0 N–H and O–H groups in total. The maximum Gasteiger partial charge on any atom is 0.147 e. The number of fused-ring (bicyclic) bond motifs is 11. The van der Waals surface area contributed by atoms with Gasteiger partial charge in [-0.3, -0.25) is 0 Å². The van der Waals surface area contributed by atoms with E-state index >= 15 is 0 Å². The first-order chi connectivity index (χ1) is 23.3. The molecule has 0 aliphatic heterocycles. The van der Waals surface area contributed by atoms with Crippen LogP contribution in [-0.2, 0) is 0 Å². The van der Waals surface area contributed by atoms with Gasteiger partial charge < -0.3 is 13.3 Å². The summed E-state index contributed by atoms with van der Waals surface area (Å²) < 4.78 is 19.5. The van der Waals surface area contributed by atoms with Crippen molar-refractivity contribution in [3.8, 4) is 22.3 Å². The standard InChI is InChI=1S/C44H24O3/c1-6-18-33-26(11-1)34(24-36-28-13-8-9-19-37(28)46-43(33)36)39-29-14-2-4-16-31(29)40(32-17-5-3-15-30(32)39)41-42-25(21-22-45-42)23-35-27-12-7-10-20-38(27)47-44(35)41/h1-24H. The maximum atomic E-state index is 6.70. The fourth-order valence-corrected chi connectivity index (χ4v) is 7.96. The van der Waals surface area contributed by atoms with Crippen LogP contribution < -0.4 is 0 Å². The lowest BCUT2D eigenvalue weighted by atomic mass is 9.83. The molecule has 0 amide bonds. The Labute approximate surface area is 267 Å². The molecule has 3 aromatic heterocycles. The van der Waals surface area contributed by atoms with Crippen molar-refractivity contribution >= 4 is 87.2 Å². The molecule has 11 aromatic rings. The molecule has 0 bridgehead atoms. The van der Waals surface area contributed by atoms with Crippen molar-refractivity contribution in [3.63, 3.8) is 0 Å². The molecule has 3 heteroatoms. The van der Waals surface area contributed by atoms with E-state index in [-0.39, 0.29) is 0 Å². The zero-order valence-corrected chi connectivity index (χ0v) is 25.1. The Bertz CT molecular complexity index is 3020. The van der Waals surface area contributed by atoms with Crippen LogP contribution in [0.5, 0.6) is 0 Å². The first-order valence-electron chi connectivity index (χ1n) is 15.9. The number of benzene rings is 8.